The van der Waals surface area contributed by atoms with Crippen LogP contribution in [0.5, 0.6) is 0 Å². The largest absolute Gasteiger partial charge is 0.326 e. The number of hydrogen-bond acceptors (Lipinski definition) is 3. The maximum absolute atomic E-state index is 11.7. The highest BCUT2D eigenvalue weighted by Gasteiger charge is 2.25. The molecule has 1 aromatic carbocycles. The van der Waals surface area contributed by atoms with Crippen molar-refractivity contribution in [3.63, 3.8) is 0 Å². The lowest BCUT2D eigenvalue weighted by Gasteiger charge is -2.24. The third-order valence-corrected chi connectivity index (χ3v) is 4.29. The van der Waals surface area contributed by atoms with Gasteiger partial charge in [-0.15, -0.1) is 0 Å². The predicted molar refractivity (Wildman–Crippen MR) is 68.5 cm³/mol. The van der Waals surface area contributed by atoms with Crippen molar-refractivity contribution in [2.75, 3.05) is 5.32 Å². The molecule has 5 nitrogen and oxygen atoms in total. The molecule has 0 bridgehead atoms. The first-order valence-corrected chi connectivity index (χ1v) is 7.37. The zero-order valence-corrected chi connectivity index (χ0v) is 11.0. The zero-order valence-electron chi connectivity index (χ0n) is 10.1. The van der Waals surface area contributed by atoms with Crippen LogP contribution in [0.2, 0.25) is 0 Å². The third-order valence-electron chi connectivity index (χ3n) is 3.24. The maximum atomic E-state index is 11.7. The van der Waals surface area contributed by atoms with Crippen LogP contribution in [-0.4, -0.2) is 14.3 Å². The molecule has 1 fully saturated rings. The van der Waals surface area contributed by atoms with Gasteiger partial charge in [0.2, 0.25) is 15.9 Å². The average molecular weight is 268 g/mol. The van der Waals surface area contributed by atoms with Crippen molar-refractivity contribution < 1.29 is 13.2 Å². The van der Waals surface area contributed by atoms with E-state index in [1.165, 1.54) is 6.07 Å². The molecule has 6 heteroatoms. The molecular formula is C12H16N2O3S. The minimum absolute atomic E-state index is 0.0499. The summed E-state index contributed by atoms with van der Waals surface area (Å²) >= 11 is 0. The first-order valence-electron chi connectivity index (χ1n) is 5.82. The minimum Gasteiger partial charge on any atom is -0.326 e. The van der Waals surface area contributed by atoms with Gasteiger partial charge in [-0.2, -0.15) is 0 Å². The van der Waals surface area contributed by atoms with E-state index in [0.29, 0.717) is 11.3 Å². The second-order valence-corrected chi connectivity index (χ2v) is 6.17. The molecule has 0 saturated heterocycles. The van der Waals surface area contributed by atoms with Gasteiger partial charge < -0.3 is 5.32 Å². The molecule has 1 aliphatic carbocycles. The molecule has 0 heterocycles. The Bertz CT molecular complexity index is 577. The molecule has 0 atom stereocenters. The second kappa shape index (κ2) is 4.70. The van der Waals surface area contributed by atoms with Crippen molar-refractivity contribution in [2.24, 2.45) is 11.1 Å². The number of carbonyl (C=O) groups excluding carboxylic acids is 1. The van der Waals surface area contributed by atoms with Crippen LogP contribution in [-0.2, 0) is 14.8 Å². The van der Waals surface area contributed by atoms with Gasteiger partial charge in [-0.25, -0.2) is 13.6 Å². The molecule has 0 unspecified atom stereocenters. The number of nitrogens with two attached hydrogens (primary N) is 1. The van der Waals surface area contributed by atoms with Crippen LogP contribution in [0.25, 0.3) is 0 Å². The molecule has 3 N–H and O–H groups in total. The van der Waals surface area contributed by atoms with Crippen molar-refractivity contribution in [1.29, 1.82) is 0 Å². The van der Waals surface area contributed by atoms with E-state index in [4.69, 9.17) is 5.14 Å². The second-order valence-electron chi connectivity index (χ2n) is 4.64. The number of primary sulfonamides is 1. The van der Waals surface area contributed by atoms with Crippen LogP contribution in [0.1, 0.15) is 24.8 Å². The molecule has 0 spiro atoms. The number of rotatable bonds is 3. The standard InChI is InChI=1S/C12H16N2O3S/c1-8-5-6-10(7-11(8)18(13,16)17)14-12(15)9-3-2-4-9/h5-7,9H,2-4H2,1H3,(H,14,15)(H2,13,16,17). The van der Waals surface area contributed by atoms with E-state index in [-0.39, 0.29) is 16.7 Å². The van der Waals surface area contributed by atoms with Crippen molar-refractivity contribution in [3.05, 3.63) is 23.8 Å². The molecular weight excluding hydrogens is 252 g/mol. The summed E-state index contributed by atoms with van der Waals surface area (Å²) in [7, 11) is -3.75. The van der Waals surface area contributed by atoms with E-state index >= 15 is 0 Å². The van der Waals surface area contributed by atoms with Crippen molar-refractivity contribution in [2.45, 2.75) is 31.1 Å². The molecule has 98 valence electrons. The summed E-state index contributed by atoms with van der Waals surface area (Å²) in [6, 6.07) is 4.72. The average Bonchev–Trinajstić information content (AvgIpc) is 2.16. The van der Waals surface area contributed by atoms with Crippen molar-refractivity contribution in [1.82, 2.24) is 0 Å². The summed E-state index contributed by atoms with van der Waals surface area (Å²) in [4.78, 5) is 11.8. The quantitative estimate of drug-likeness (QED) is 0.867. The van der Waals surface area contributed by atoms with Crippen LogP contribution in [0.4, 0.5) is 5.69 Å². The Kier molecular flexibility index (Phi) is 3.41. The summed E-state index contributed by atoms with van der Waals surface area (Å²) in [6.07, 6.45) is 2.88. The van der Waals surface area contributed by atoms with Crippen molar-refractivity contribution in [3.8, 4) is 0 Å². The van der Waals surface area contributed by atoms with Gasteiger partial charge in [0, 0.05) is 11.6 Å². The summed E-state index contributed by atoms with van der Waals surface area (Å²) in [5.41, 5.74) is 1.04. The van der Waals surface area contributed by atoms with Gasteiger partial charge in [0.15, 0.2) is 0 Å². The van der Waals surface area contributed by atoms with E-state index in [2.05, 4.69) is 5.32 Å². The first-order chi connectivity index (χ1) is 8.38. The van der Waals surface area contributed by atoms with Crippen LogP contribution < -0.4 is 10.5 Å². The van der Waals surface area contributed by atoms with E-state index in [1.807, 2.05) is 0 Å². The molecule has 1 aliphatic rings. The highest BCUT2D eigenvalue weighted by atomic mass is 32.2. The number of amides is 1. The lowest BCUT2D eigenvalue weighted by atomic mass is 9.85. The lowest BCUT2D eigenvalue weighted by molar-refractivity contribution is -0.122. The van der Waals surface area contributed by atoms with Gasteiger partial charge >= 0.3 is 0 Å². The van der Waals surface area contributed by atoms with E-state index in [1.54, 1.807) is 19.1 Å². The smallest absolute Gasteiger partial charge is 0.238 e. The van der Waals surface area contributed by atoms with Gasteiger partial charge in [0.25, 0.3) is 0 Å². The zero-order chi connectivity index (χ0) is 13.3. The van der Waals surface area contributed by atoms with E-state index < -0.39 is 10.0 Å². The minimum atomic E-state index is -3.75. The Labute approximate surface area is 106 Å². The van der Waals surface area contributed by atoms with Crippen LogP contribution in [0.15, 0.2) is 23.1 Å². The highest BCUT2D eigenvalue weighted by molar-refractivity contribution is 7.89. The Hall–Kier alpha value is -1.40. The Morgan fingerprint density at radius 1 is 1.39 bits per heavy atom. The number of hydrogen-bond donors (Lipinski definition) is 2. The molecule has 0 radical (unpaired) electrons. The molecule has 1 saturated carbocycles. The summed E-state index contributed by atoms with van der Waals surface area (Å²) in [5.74, 6) is 0.00899. The summed E-state index contributed by atoms with van der Waals surface area (Å²) < 4.78 is 22.7. The Morgan fingerprint density at radius 2 is 2.06 bits per heavy atom. The van der Waals surface area contributed by atoms with Crippen LogP contribution in [0, 0.1) is 12.8 Å². The Morgan fingerprint density at radius 3 is 2.56 bits per heavy atom. The van der Waals surface area contributed by atoms with E-state index in [9.17, 15) is 13.2 Å². The highest BCUT2D eigenvalue weighted by Crippen LogP contribution is 2.28. The van der Waals surface area contributed by atoms with Gasteiger partial charge in [-0.3, -0.25) is 4.79 Å². The third kappa shape index (κ3) is 2.70. The van der Waals surface area contributed by atoms with Gasteiger partial charge in [0.05, 0.1) is 4.90 Å². The SMILES string of the molecule is Cc1ccc(NC(=O)C2CCC2)cc1S(N)(=O)=O. The number of aryl methyl sites for hydroxylation is 1. The van der Waals surface area contributed by atoms with Crippen molar-refractivity contribution >= 4 is 21.6 Å². The summed E-state index contributed by atoms with van der Waals surface area (Å²) in [5, 5.41) is 7.84. The molecule has 18 heavy (non-hydrogen) atoms. The molecule has 1 aromatic rings. The molecule has 0 aromatic heterocycles. The fourth-order valence-corrected chi connectivity index (χ4v) is 2.71. The number of carbonyl (C=O) groups is 1. The fourth-order valence-electron chi connectivity index (χ4n) is 1.90. The van der Waals surface area contributed by atoms with Gasteiger partial charge in [-0.05, 0) is 37.5 Å². The van der Waals surface area contributed by atoms with Crippen LogP contribution in [0.3, 0.4) is 0 Å². The molecule has 0 aliphatic heterocycles. The predicted octanol–water partition coefficient (Wildman–Crippen LogP) is 1.38. The normalized spacial score (nSPS) is 16.1. The molecule has 1 amide bonds. The van der Waals surface area contributed by atoms with Gasteiger partial charge in [0.1, 0.15) is 0 Å². The van der Waals surface area contributed by atoms with Gasteiger partial charge in [-0.1, -0.05) is 12.5 Å². The topological polar surface area (TPSA) is 89.3 Å². The first kappa shape index (κ1) is 13.0. The molecule has 2 rings (SSSR count). The number of nitrogens with one attached hydrogen (secondary N) is 1. The lowest BCUT2D eigenvalue weighted by Crippen LogP contribution is -2.28. The fraction of sp³-hybridized carbons (Fsp3) is 0.417. The Balaban J connectivity index is 2.22. The van der Waals surface area contributed by atoms with Crippen LogP contribution >= 0.6 is 0 Å². The number of sulfonamides is 1. The summed E-state index contributed by atoms with van der Waals surface area (Å²) in [6.45, 7) is 1.66. The van der Waals surface area contributed by atoms with E-state index in [0.717, 1.165) is 19.3 Å². The number of anilines is 1. The monoisotopic (exact) mass is 268 g/mol. The number of benzene rings is 1. The maximum Gasteiger partial charge on any atom is 0.238 e.